The van der Waals surface area contributed by atoms with Crippen LogP contribution in [0.5, 0.6) is 0 Å². The molecule has 1 fully saturated rings. The molecule has 6 nitrogen and oxygen atoms in total. The highest BCUT2D eigenvalue weighted by Crippen LogP contribution is 2.42. The second-order valence-corrected chi connectivity index (χ2v) is 7.18. The summed E-state index contributed by atoms with van der Waals surface area (Å²) in [6.07, 6.45) is 5.44. The van der Waals surface area contributed by atoms with Crippen LogP contribution in [0.4, 0.5) is 11.4 Å². The summed E-state index contributed by atoms with van der Waals surface area (Å²) in [5.41, 5.74) is 6.93. The van der Waals surface area contributed by atoms with E-state index in [1.54, 1.807) is 17.6 Å². The van der Waals surface area contributed by atoms with Gasteiger partial charge in [-0.2, -0.15) is 0 Å². The number of amidine groups is 1. The molecule has 0 unspecified atom stereocenters. The zero-order valence-corrected chi connectivity index (χ0v) is 15.3. The number of aliphatic imine (C=N–C) groups is 2. The first kappa shape index (κ1) is 16.9. The molecule has 0 radical (unpaired) electrons. The van der Waals surface area contributed by atoms with Gasteiger partial charge in [0.05, 0.1) is 17.1 Å². The highest BCUT2D eigenvalue weighted by molar-refractivity contribution is 6.35. The van der Waals surface area contributed by atoms with Gasteiger partial charge < -0.3 is 4.90 Å². The van der Waals surface area contributed by atoms with Gasteiger partial charge >= 0.3 is 0 Å². The van der Waals surface area contributed by atoms with Crippen molar-refractivity contribution in [3.63, 3.8) is 0 Å². The van der Waals surface area contributed by atoms with Gasteiger partial charge in [0.15, 0.2) is 0 Å². The van der Waals surface area contributed by atoms with Gasteiger partial charge in [-0.15, -0.1) is 0 Å². The maximum atomic E-state index is 11.6. The lowest BCUT2D eigenvalue weighted by molar-refractivity contribution is 0.0706. The van der Waals surface area contributed by atoms with E-state index in [0.29, 0.717) is 11.6 Å². The SMILES string of the molecule is O=C(NO)c1ccc(C2=Nc3ccccc3N(C3CC3)C3=NCCC=C23)cc1. The number of rotatable bonds is 3. The predicted molar refractivity (Wildman–Crippen MR) is 109 cm³/mol. The van der Waals surface area contributed by atoms with Crippen LogP contribution >= 0.6 is 0 Å². The van der Waals surface area contributed by atoms with Crippen molar-refractivity contribution in [3.05, 3.63) is 71.3 Å². The van der Waals surface area contributed by atoms with Crippen molar-refractivity contribution in [2.24, 2.45) is 9.98 Å². The summed E-state index contributed by atoms with van der Waals surface area (Å²) in [5.74, 6) is 0.466. The average Bonchev–Trinajstić information content (AvgIpc) is 3.59. The van der Waals surface area contributed by atoms with E-state index in [1.807, 2.05) is 30.3 Å². The first-order chi connectivity index (χ1) is 13.8. The Morgan fingerprint density at radius 1 is 1.11 bits per heavy atom. The Hall–Kier alpha value is -3.25. The Morgan fingerprint density at radius 2 is 1.89 bits per heavy atom. The zero-order chi connectivity index (χ0) is 19.1. The third kappa shape index (κ3) is 2.82. The topological polar surface area (TPSA) is 77.3 Å². The van der Waals surface area contributed by atoms with E-state index in [4.69, 9.17) is 15.2 Å². The lowest BCUT2D eigenvalue weighted by atomic mass is 9.97. The monoisotopic (exact) mass is 372 g/mol. The summed E-state index contributed by atoms with van der Waals surface area (Å²) in [6.45, 7) is 0.785. The molecule has 3 aliphatic rings. The molecule has 2 N–H and O–H groups in total. The molecule has 1 saturated carbocycles. The summed E-state index contributed by atoms with van der Waals surface area (Å²) in [6, 6.07) is 15.8. The minimum atomic E-state index is -0.529. The first-order valence-electron chi connectivity index (χ1n) is 9.53. The van der Waals surface area contributed by atoms with E-state index >= 15 is 0 Å². The first-order valence-corrected chi connectivity index (χ1v) is 9.53. The van der Waals surface area contributed by atoms with Gasteiger partial charge in [0.1, 0.15) is 5.84 Å². The van der Waals surface area contributed by atoms with Crippen LogP contribution in [-0.2, 0) is 0 Å². The van der Waals surface area contributed by atoms with Crippen molar-refractivity contribution in [2.45, 2.75) is 25.3 Å². The fourth-order valence-corrected chi connectivity index (χ4v) is 3.79. The van der Waals surface area contributed by atoms with Crippen LogP contribution in [0.15, 0.2) is 70.2 Å². The molecule has 1 amide bonds. The van der Waals surface area contributed by atoms with Gasteiger partial charge in [-0.1, -0.05) is 30.3 Å². The number of carbonyl (C=O) groups is 1. The number of hydrogen-bond donors (Lipinski definition) is 2. The summed E-state index contributed by atoms with van der Waals surface area (Å²) in [4.78, 5) is 23.9. The van der Waals surface area contributed by atoms with Crippen LogP contribution in [0.2, 0.25) is 0 Å². The van der Waals surface area contributed by atoms with Crippen molar-refractivity contribution in [2.75, 3.05) is 11.4 Å². The van der Waals surface area contributed by atoms with Gasteiger partial charge in [0, 0.05) is 29.3 Å². The maximum absolute atomic E-state index is 11.6. The minimum Gasteiger partial charge on any atom is -0.321 e. The largest absolute Gasteiger partial charge is 0.321 e. The molecule has 2 aliphatic heterocycles. The molecule has 6 heteroatoms. The number of anilines is 1. The quantitative estimate of drug-likeness (QED) is 0.638. The van der Waals surface area contributed by atoms with Crippen molar-refractivity contribution >= 4 is 28.8 Å². The van der Waals surface area contributed by atoms with Crippen molar-refractivity contribution < 1.29 is 10.0 Å². The smallest absolute Gasteiger partial charge is 0.274 e. The molecule has 5 rings (SSSR count). The van der Waals surface area contributed by atoms with Gasteiger partial charge in [0.25, 0.3) is 5.91 Å². The number of amides is 1. The van der Waals surface area contributed by atoms with Gasteiger partial charge in [-0.05, 0) is 43.5 Å². The van der Waals surface area contributed by atoms with Gasteiger partial charge in [0.2, 0.25) is 0 Å². The number of benzene rings is 2. The fraction of sp³-hybridized carbons (Fsp3) is 0.227. The number of nitrogens with zero attached hydrogens (tertiary/aromatic N) is 3. The molecule has 2 aromatic carbocycles. The summed E-state index contributed by atoms with van der Waals surface area (Å²) < 4.78 is 0. The van der Waals surface area contributed by atoms with Crippen molar-refractivity contribution in [1.82, 2.24) is 5.48 Å². The van der Waals surface area contributed by atoms with Crippen LogP contribution in [0.1, 0.15) is 35.2 Å². The van der Waals surface area contributed by atoms with Crippen molar-refractivity contribution in [3.8, 4) is 0 Å². The molecule has 28 heavy (non-hydrogen) atoms. The Bertz CT molecular complexity index is 1030. The molecule has 0 bridgehead atoms. The van der Waals surface area contributed by atoms with Crippen molar-refractivity contribution in [1.29, 1.82) is 0 Å². The fourth-order valence-electron chi connectivity index (χ4n) is 3.79. The van der Waals surface area contributed by atoms with Crippen LogP contribution in [0, 0.1) is 0 Å². The van der Waals surface area contributed by atoms with Crippen LogP contribution in [0.3, 0.4) is 0 Å². The Morgan fingerprint density at radius 3 is 2.64 bits per heavy atom. The Labute approximate surface area is 162 Å². The number of hydroxylamine groups is 1. The molecule has 2 aromatic rings. The van der Waals surface area contributed by atoms with E-state index in [9.17, 15) is 4.79 Å². The minimum absolute atomic E-state index is 0.395. The zero-order valence-electron chi connectivity index (χ0n) is 15.3. The third-order valence-electron chi connectivity index (χ3n) is 5.27. The number of carbonyl (C=O) groups excluding carboxylic acids is 1. The molecule has 0 atom stereocenters. The lowest BCUT2D eigenvalue weighted by Crippen LogP contribution is -2.37. The van der Waals surface area contributed by atoms with Gasteiger partial charge in [-0.3, -0.25) is 15.0 Å². The molecular weight excluding hydrogens is 352 g/mol. The Balaban J connectivity index is 1.65. The molecule has 2 heterocycles. The number of para-hydroxylation sites is 2. The third-order valence-corrected chi connectivity index (χ3v) is 5.27. The second-order valence-electron chi connectivity index (χ2n) is 7.18. The molecule has 0 saturated heterocycles. The normalized spacial score (nSPS) is 18.2. The molecule has 1 aliphatic carbocycles. The number of fused-ring (bicyclic) bond motifs is 2. The standard InChI is InChI=1S/C22H20N4O2/c27-22(25-28)15-9-7-14(8-10-15)20-17-4-3-13-23-21(17)26(16-11-12-16)19-6-2-1-5-18(19)24-20/h1-2,4-10,16,28H,3,11-13H2,(H,25,27). The number of nitrogens with one attached hydrogen (secondary N) is 1. The van der Waals surface area contributed by atoms with Crippen LogP contribution in [-0.4, -0.2) is 35.2 Å². The van der Waals surface area contributed by atoms with Crippen LogP contribution in [0.25, 0.3) is 0 Å². The number of hydrogen-bond acceptors (Lipinski definition) is 5. The summed E-state index contributed by atoms with van der Waals surface area (Å²) >= 11 is 0. The maximum Gasteiger partial charge on any atom is 0.274 e. The lowest BCUT2D eigenvalue weighted by Gasteiger charge is -2.28. The van der Waals surface area contributed by atoms with E-state index in [2.05, 4.69) is 17.0 Å². The molecular formula is C22H20N4O2. The predicted octanol–water partition coefficient (Wildman–Crippen LogP) is 3.64. The Kier molecular flexibility index (Phi) is 4.06. The molecule has 0 aromatic heterocycles. The molecule has 140 valence electrons. The average molecular weight is 372 g/mol. The second kappa shape index (κ2) is 6.73. The number of dihydropyridines is 1. The summed E-state index contributed by atoms with van der Waals surface area (Å²) in [7, 11) is 0. The van der Waals surface area contributed by atoms with E-state index < -0.39 is 5.91 Å². The van der Waals surface area contributed by atoms with E-state index in [0.717, 1.165) is 47.0 Å². The summed E-state index contributed by atoms with van der Waals surface area (Å²) in [5, 5.41) is 8.84. The highest BCUT2D eigenvalue weighted by atomic mass is 16.5. The van der Waals surface area contributed by atoms with Gasteiger partial charge in [-0.25, -0.2) is 10.5 Å². The van der Waals surface area contributed by atoms with E-state index in [1.165, 1.54) is 12.8 Å². The highest BCUT2D eigenvalue weighted by Gasteiger charge is 2.38. The molecule has 0 spiro atoms. The van der Waals surface area contributed by atoms with E-state index in [-0.39, 0.29) is 0 Å². The van der Waals surface area contributed by atoms with Crippen LogP contribution < -0.4 is 10.4 Å².